The van der Waals surface area contributed by atoms with E-state index in [9.17, 15) is 0 Å². The number of hydrogen-bond donors (Lipinski definition) is 1. The van der Waals surface area contributed by atoms with Crippen LogP contribution in [-0.4, -0.2) is 35.4 Å². The summed E-state index contributed by atoms with van der Waals surface area (Å²) in [5, 5.41) is 3.65. The van der Waals surface area contributed by atoms with Crippen molar-refractivity contribution in [3.63, 3.8) is 0 Å². The fourth-order valence-corrected chi connectivity index (χ4v) is 2.73. The van der Waals surface area contributed by atoms with Crippen molar-refractivity contribution in [3.05, 3.63) is 18.2 Å². The first kappa shape index (κ1) is 17.2. The van der Waals surface area contributed by atoms with E-state index in [2.05, 4.69) is 42.6 Å². The molecule has 0 bridgehead atoms. The molecule has 116 valence electrons. The van der Waals surface area contributed by atoms with E-state index in [1.54, 1.807) is 0 Å². The van der Waals surface area contributed by atoms with E-state index in [1.165, 1.54) is 0 Å². The molecule has 0 radical (unpaired) electrons. The van der Waals surface area contributed by atoms with Crippen molar-refractivity contribution in [2.24, 2.45) is 12.5 Å². The lowest BCUT2D eigenvalue weighted by Crippen LogP contribution is -2.48. The average molecular weight is 281 g/mol. The van der Waals surface area contributed by atoms with Gasteiger partial charge in [0.1, 0.15) is 5.82 Å². The van der Waals surface area contributed by atoms with Crippen molar-refractivity contribution in [2.45, 2.75) is 59.1 Å². The fraction of sp³-hybridized carbons (Fsp3) is 0.812. The maximum atomic E-state index is 5.78. The van der Waals surface area contributed by atoms with Gasteiger partial charge in [0.25, 0.3) is 0 Å². The highest BCUT2D eigenvalue weighted by molar-refractivity contribution is 4.94. The van der Waals surface area contributed by atoms with Gasteiger partial charge in [0.15, 0.2) is 0 Å². The van der Waals surface area contributed by atoms with Crippen molar-refractivity contribution in [1.29, 1.82) is 0 Å². The smallest absolute Gasteiger partial charge is 0.108 e. The largest absolute Gasteiger partial charge is 0.379 e. The molecule has 0 saturated heterocycles. The Kier molecular flexibility index (Phi) is 6.69. The van der Waals surface area contributed by atoms with Crippen LogP contribution < -0.4 is 5.32 Å². The topological polar surface area (TPSA) is 39.1 Å². The predicted octanol–water partition coefficient (Wildman–Crippen LogP) is 2.78. The third-order valence-electron chi connectivity index (χ3n) is 3.73. The van der Waals surface area contributed by atoms with E-state index in [1.807, 2.05) is 26.6 Å². The Labute approximate surface area is 123 Å². The molecule has 4 heteroatoms. The molecule has 2 unspecified atom stereocenters. The number of imidazole rings is 1. The third kappa shape index (κ3) is 4.91. The summed E-state index contributed by atoms with van der Waals surface area (Å²) in [7, 11) is 3.87. The zero-order chi connectivity index (χ0) is 15.2. The van der Waals surface area contributed by atoms with Gasteiger partial charge in [0, 0.05) is 39.0 Å². The molecule has 0 aliphatic carbocycles. The molecule has 0 amide bonds. The zero-order valence-corrected chi connectivity index (χ0v) is 13.9. The number of rotatable bonds is 8. The van der Waals surface area contributed by atoms with Crippen LogP contribution in [0.5, 0.6) is 0 Å². The Morgan fingerprint density at radius 2 is 2.10 bits per heavy atom. The van der Waals surface area contributed by atoms with Crippen LogP contribution in [0.25, 0.3) is 0 Å². The summed E-state index contributed by atoms with van der Waals surface area (Å²) < 4.78 is 7.88. The van der Waals surface area contributed by atoms with Gasteiger partial charge in [-0.05, 0) is 24.8 Å². The quantitative estimate of drug-likeness (QED) is 0.796. The lowest BCUT2D eigenvalue weighted by Gasteiger charge is -2.36. The second-order valence-corrected chi connectivity index (χ2v) is 6.58. The minimum atomic E-state index is 0.127. The molecule has 0 aliphatic heterocycles. The van der Waals surface area contributed by atoms with Gasteiger partial charge >= 0.3 is 0 Å². The summed E-state index contributed by atoms with van der Waals surface area (Å²) in [6.45, 7) is 9.94. The van der Waals surface area contributed by atoms with Crippen molar-refractivity contribution in [2.75, 3.05) is 13.7 Å². The zero-order valence-electron chi connectivity index (χ0n) is 13.9. The highest BCUT2D eigenvalue weighted by Gasteiger charge is 2.31. The van der Waals surface area contributed by atoms with Crippen molar-refractivity contribution in [1.82, 2.24) is 14.9 Å². The van der Waals surface area contributed by atoms with Gasteiger partial charge in [-0.25, -0.2) is 4.98 Å². The molecular weight excluding hydrogens is 250 g/mol. The summed E-state index contributed by atoms with van der Waals surface area (Å²) in [5.41, 5.74) is 0.127. The van der Waals surface area contributed by atoms with Crippen LogP contribution in [0.15, 0.2) is 12.4 Å². The highest BCUT2D eigenvalue weighted by atomic mass is 16.5. The Hall–Kier alpha value is -0.870. The minimum Gasteiger partial charge on any atom is -0.379 e. The first-order valence-corrected chi connectivity index (χ1v) is 7.62. The van der Waals surface area contributed by atoms with Crippen molar-refractivity contribution < 1.29 is 4.74 Å². The lowest BCUT2D eigenvalue weighted by molar-refractivity contribution is -0.0131. The second kappa shape index (κ2) is 7.79. The Morgan fingerprint density at radius 3 is 2.55 bits per heavy atom. The maximum Gasteiger partial charge on any atom is 0.108 e. The van der Waals surface area contributed by atoms with Crippen LogP contribution in [0, 0.1) is 5.41 Å². The van der Waals surface area contributed by atoms with E-state index in [0.29, 0.717) is 6.04 Å². The Morgan fingerprint density at radius 1 is 1.40 bits per heavy atom. The van der Waals surface area contributed by atoms with Crippen molar-refractivity contribution in [3.8, 4) is 0 Å². The molecule has 1 rings (SSSR count). The van der Waals surface area contributed by atoms with Crippen LogP contribution in [0.3, 0.4) is 0 Å². The fourth-order valence-electron chi connectivity index (χ4n) is 2.73. The van der Waals surface area contributed by atoms with Gasteiger partial charge in [-0.2, -0.15) is 0 Å². The number of aromatic nitrogens is 2. The van der Waals surface area contributed by atoms with E-state index in [4.69, 9.17) is 4.74 Å². The first-order chi connectivity index (χ1) is 9.40. The molecule has 0 fully saturated rings. The van der Waals surface area contributed by atoms with Crippen LogP contribution in [0.2, 0.25) is 0 Å². The molecule has 1 N–H and O–H groups in total. The van der Waals surface area contributed by atoms with E-state index in [-0.39, 0.29) is 11.5 Å². The molecule has 2 atom stereocenters. The molecule has 0 aliphatic rings. The Bertz CT molecular complexity index is 381. The summed E-state index contributed by atoms with van der Waals surface area (Å²) in [4.78, 5) is 4.41. The molecule has 1 heterocycles. The van der Waals surface area contributed by atoms with E-state index in [0.717, 1.165) is 31.6 Å². The van der Waals surface area contributed by atoms with Crippen molar-refractivity contribution >= 4 is 0 Å². The molecule has 1 aromatic heterocycles. The van der Waals surface area contributed by atoms with Gasteiger partial charge in [-0.15, -0.1) is 0 Å². The standard InChI is InChI=1S/C16H31N3O/c1-7-10-17-13(15(20-6)16(2,3)4)8-9-14-18-11-12-19(14)5/h11-13,15,17H,7-10H2,1-6H3. The summed E-state index contributed by atoms with van der Waals surface area (Å²) in [6, 6.07) is 0.358. The van der Waals surface area contributed by atoms with Gasteiger partial charge in [0.05, 0.1) is 6.10 Å². The first-order valence-electron chi connectivity index (χ1n) is 7.62. The minimum absolute atomic E-state index is 0.127. The molecular formula is C16H31N3O. The summed E-state index contributed by atoms with van der Waals surface area (Å²) in [6.07, 6.45) is 7.22. The Balaban J connectivity index is 2.70. The van der Waals surface area contributed by atoms with E-state index < -0.39 is 0 Å². The van der Waals surface area contributed by atoms with E-state index >= 15 is 0 Å². The molecule has 0 aromatic carbocycles. The number of methoxy groups -OCH3 is 1. The van der Waals surface area contributed by atoms with Gasteiger partial charge in [-0.1, -0.05) is 27.7 Å². The summed E-state index contributed by atoms with van der Waals surface area (Å²) >= 11 is 0. The number of ether oxygens (including phenoxy) is 1. The molecule has 20 heavy (non-hydrogen) atoms. The normalized spacial score (nSPS) is 15.3. The van der Waals surface area contributed by atoms with Gasteiger partial charge < -0.3 is 14.6 Å². The third-order valence-corrected chi connectivity index (χ3v) is 3.73. The molecule has 1 aromatic rings. The van der Waals surface area contributed by atoms with Crippen LogP contribution in [0.4, 0.5) is 0 Å². The van der Waals surface area contributed by atoms with Crippen LogP contribution in [0.1, 0.15) is 46.4 Å². The number of nitrogens with zero attached hydrogens (tertiary/aromatic N) is 2. The predicted molar refractivity (Wildman–Crippen MR) is 83.9 cm³/mol. The molecule has 4 nitrogen and oxygen atoms in total. The number of nitrogens with one attached hydrogen (secondary N) is 1. The van der Waals surface area contributed by atoms with Gasteiger partial charge in [0.2, 0.25) is 0 Å². The monoisotopic (exact) mass is 281 g/mol. The molecule has 0 spiro atoms. The lowest BCUT2D eigenvalue weighted by atomic mass is 9.83. The highest BCUT2D eigenvalue weighted by Crippen LogP contribution is 2.26. The SMILES string of the molecule is CCCNC(CCc1nccn1C)C(OC)C(C)(C)C. The van der Waals surface area contributed by atoms with Crippen LogP contribution in [-0.2, 0) is 18.2 Å². The number of hydrogen-bond acceptors (Lipinski definition) is 3. The van der Waals surface area contributed by atoms with Gasteiger partial charge in [-0.3, -0.25) is 0 Å². The maximum absolute atomic E-state index is 5.78. The molecule has 0 saturated carbocycles. The number of aryl methyl sites for hydroxylation is 2. The second-order valence-electron chi connectivity index (χ2n) is 6.58. The summed E-state index contributed by atoms with van der Waals surface area (Å²) in [5.74, 6) is 1.14. The van der Waals surface area contributed by atoms with Crippen LogP contribution >= 0.6 is 0 Å². The average Bonchev–Trinajstić information content (AvgIpc) is 2.77.